The number of nitrogens with one attached hydrogen (secondary N) is 2. The Bertz CT molecular complexity index is 729. The first-order valence-electron chi connectivity index (χ1n) is 11.3. The summed E-state index contributed by atoms with van der Waals surface area (Å²) >= 11 is 0. The standard InChI is InChI=1S/C25H40N2O5/c1-7-9-13-26-23(29)18(3)15-22(28)21(27-24(30)32-25(4,5)6)17-19-11-10-12-20(16-19)31-14-8-2/h8,10-12,16,18,21-22,28H,2,7,9,13-15,17H2,1,3-6H3,(H,26,29)(H,27,30)/t18-,21-,22+/m0/s1. The van der Waals surface area contributed by atoms with Gasteiger partial charge in [-0.3, -0.25) is 4.79 Å². The lowest BCUT2D eigenvalue weighted by Gasteiger charge is -2.28. The second-order valence-electron chi connectivity index (χ2n) is 9.05. The first-order chi connectivity index (χ1) is 15.1. The normalized spacial score (nSPS) is 14.1. The number of aliphatic hydroxyl groups excluding tert-OH is 1. The Hall–Kier alpha value is -2.54. The van der Waals surface area contributed by atoms with Gasteiger partial charge in [-0.15, -0.1) is 0 Å². The Morgan fingerprint density at radius 3 is 2.62 bits per heavy atom. The second-order valence-corrected chi connectivity index (χ2v) is 9.05. The molecule has 3 N–H and O–H groups in total. The number of aliphatic hydroxyl groups is 1. The molecule has 1 rings (SSSR count). The molecule has 0 unspecified atom stereocenters. The number of carbonyl (C=O) groups is 2. The molecule has 180 valence electrons. The quantitative estimate of drug-likeness (QED) is 0.313. The fourth-order valence-corrected chi connectivity index (χ4v) is 3.11. The Morgan fingerprint density at radius 2 is 2.00 bits per heavy atom. The van der Waals surface area contributed by atoms with E-state index in [9.17, 15) is 14.7 Å². The van der Waals surface area contributed by atoms with E-state index < -0.39 is 29.8 Å². The maximum absolute atomic E-state index is 12.4. The van der Waals surface area contributed by atoms with Crippen LogP contribution in [-0.2, 0) is 16.0 Å². The van der Waals surface area contributed by atoms with Gasteiger partial charge in [0.05, 0.1) is 12.1 Å². The third-order valence-electron chi connectivity index (χ3n) is 4.76. The highest BCUT2D eigenvalue weighted by Gasteiger charge is 2.28. The van der Waals surface area contributed by atoms with E-state index in [1.807, 2.05) is 24.3 Å². The molecule has 7 nitrogen and oxygen atoms in total. The summed E-state index contributed by atoms with van der Waals surface area (Å²) in [4.78, 5) is 24.7. The second kappa shape index (κ2) is 13.8. The zero-order valence-corrected chi connectivity index (χ0v) is 20.1. The molecule has 1 aromatic rings. The van der Waals surface area contributed by atoms with Crippen LogP contribution in [0.25, 0.3) is 0 Å². The van der Waals surface area contributed by atoms with Crippen molar-refractivity contribution in [1.29, 1.82) is 0 Å². The predicted octanol–water partition coefficient (Wildman–Crippen LogP) is 3.99. The highest BCUT2D eigenvalue weighted by molar-refractivity contribution is 5.78. The highest BCUT2D eigenvalue weighted by atomic mass is 16.6. The number of rotatable bonds is 13. The van der Waals surface area contributed by atoms with E-state index in [-0.39, 0.29) is 12.3 Å². The Labute approximate surface area is 192 Å². The summed E-state index contributed by atoms with van der Waals surface area (Å²) in [5.41, 5.74) is 0.219. The van der Waals surface area contributed by atoms with Crippen LogP contribution in [0.15, 0.2) is 36.9 Å². The molecule has 7 heteroatoms. The fraction of sp³-hybridized carbons (Fsp3) is 0.600. The van der Waals surface area contributed by atoms with Crippen molar-refractivity contribution in [3.05, 3.63) is 42.5 Å². The number of alkyl carbamates (subject to hydrolysis) is 1. The average Bonchev–Trinajstić information content (AvgIpc) is 2.70. The fourth-order valence-electron chi connectivity index (χ4n) is 3.11. The Balaban J connectivity index is 2.90. The van der Waals surface area contributed by atoms with Gasteiger partial charge in [0.25, 0.3) is 0 Å². The highest BCUT2D eigenvalue weighted by Crippen LogP contribution is 2.19. The first-order valence-corrected chi connectivity index (χ1v) is 11.3. The number of unbranched alkanes of at least 4 members (excludes halogenated alkanes) is 1. The monoisotopic (exact) mass is 448 g/mol. The lowest BCUT2D eigenvalue weighted by molar-refractivity contribution is -0.125. The minimum atomic E-state index is -0.938. The average molecular weight is 449 g/mol. The molecule has 0 aliphatic rings. The third-order valence-corrected chi connectivity index (χ3v) is 4.76. The van der Waals surface area contributed by atoms with Crippen LogP contribution < -0.4 is 15.4 Å². The van der Waals surface area contributed by atoms with Crippen LogP contribution in [0.3, 0.4) is 0 Å². The summed E-state index contributed by atoms with van der Waals surface area (Å²) in [6.07, 6.45) is 2.59. The van der Waals surface area contributed by atoms with E-state index in [0.29, 0.717) is 25.3 Å². The molecule has 32 heavy (non-hydrogen) atoms. The maximum atomic E-state index is 12.4. The zero-order valence-electron chi connectivity index (χ0n) is 20.1. The molecule has 3 atom stereocenters. The van der Waals surface area contributed by atoms with Crippen LogP contribution in [-0.4, -0.2) is 48.0 Å². The van der Waals surface area contributed by atoms with E-state index in [4.69, 9.17) is 9.47 Å². The molecular weight excluding hydrogens is 408 g/mol. The van der Waals surface area contributed by atoms with Crippen LogP contribution in [0.2, 0.25) is 0 Å². The minimum Gasteiger partial charge on any atom is -0.490 e. The predicted molar refractivity (Wildman–Crippen MR) is 127 cm³/mol. The summed E-state index contributed by atoms with van der Waals surface area (Å²) in [6, 6.07) is 6.82. The van der Waals surface area contributed by atoms with Crippen LogP contribution in [0.4, 0.5) is 4.79 Å². The van der Waals surface area contributed by atoms with E-state index >= 15 is 0 Å². The number of carbonyl (C=O) groups excluding carboxylic acids is 2. The summed E-state index contributed by atoms with van der Waals surface area (Å²) in [6.45, 7) is 13.8. The van der Waals surface area contributed by atoms with Crippen LogP contribution in [0.1, 0.15) is 59.4 Å². The van der Waals surface area contributed by atoms with Crippen molar-refractivity contribution in [3.63, 3.8) is 0 Å². The topological polar surface area (TPSA) is 96.9 Å². The van der Waals surface area contributed by atoms with Gasteiger partial charge in [0.15, 0.2) is 0 Å². The molecule has 0 heterocycles. The number of hydrogen-bond donors (Lipinski definition) is 3. The summed E-state index contributed by atoms with van der Waals surface area (Å²) in [7, 11) is 0. The van der Waals surface area contributed by atoms with Crippen molar-refractivity contribution in [2.75, 3.05) is 13.2 Å². The van der Waals surface area contributed by atoms with Gasteiger partial charge in [-0.2, -0.15) is 0 Å². The number of ether oxygens (including phenoxy) is 2. The van der Waals surface area contributed by atoms with Crippen molar-refractivity contribution in [2.45, 2.75) is 78.0 Å². The number of benzene rings is 1. The van der Waals surface area contributed by atoms with Gasteiger partial charge in [-0.05, 0) is 57.7 Å². The molecule has 0 radical (unpaired) electrons. The van der Waals surface area contributed by atoms with Crippen molar-refractivity contribution in [3.8, 4) is 5.75 Å². The van der Waals surface area contributed by atoms with Crippen molar-refractivity contribution >= 4 is 12.0 Å². The molecule has 0 fully saturated rings. The van der Waals surface area contributed by atoms with Crippen molar-refractivity contribution < 1.29 is 24.2 Å². The molecule has 1 aromatic carbocycles. The largest absolute Gasteiger partial charge is 0.490 e. The molecule has 0 bridgehead atoms. The molecule has 0 saturated carbocycles. The molecule has 0 aromatic heterocycles. The van der Waals surface area contributed by atoms with Gasteiger partial charge in [0, 0.05) is 12.5 Å². The lowest BCUT2D eigenvalue weighted by atomic mass is 9.93. The Kier molecular flexibility index (Phi) is 11.8. The van der Waals surface area contributed by atoms with Gasteiger partial charge in [0.1, 0.15) is 18.0 Å². The van der Waals surface area contributed by atoms with Gasteiger partial charge in [-0.25, -0.2) is 4.79 Å². The van der Waals surface area contributed by atoms with Crippen molar-refractivity contribution in [2.24, 2.45) is 5.92 Å². The summed E-state index contributed by atoms with van der Waals surface area (Å²) in [5.74, 6) is 0.178. The smallest absolute Gasteiger partial charge is 0.407 e. The van der Waals surface area contributed by atoms with Crippen LogP contribution in [0.5, 0.6) is 5.75 Å². The lowest BCUT2D eigenvalue weighted by Crippen LogP contribution is -2.48. The first kappa shape index (κ1) is 27.5. The summed E-state index contributed by atoms with van der Waals surface area (Å²) in [5, 5.41) is 16.6. The van der Waals surface area contributed by atoms with Crippen LogP contribution >= 0.6 is 0 Å². The van der Waals surface area contributed by atoms with Gasteiger partial charge in [-0.1, -0.05) is 45.1 Å². The zero-order chi connectivity index (χ0) is 24.1. The molecule has 2 amide bonds. The molecule has 0 aliphatic heterocycles. The van der Waals surface area contributed by atoms with E-state index in [2.05, 4.69) is 24.1 Å². The maximum Gasteiger partial charge on any atom is 0.407 e. The molecule has 0 saturated heterocycles. The SMILES string of the molecule is C=CCOc1cccc(C[C@H](NC(=O)OC(C)(C)C)[C@H](O)C[C@H](C)C(=O)NCCCC)c1. The van der Waals surface area contributed by atoms with E-state index in [1.165, 1.54) is 0 Å². The number of amides is 2. The molecular formula is C25H40N2O5. The minimum absolute atomic E-state index is 0.103. The van der Waals surface area contributed by atoms with Gasteiger partial charge >= 0.3 is 6.09 Å². The van der Waals surface area contributed by atoms with E-state index in [0.717, 1.165) is 18.4 Å². The van der Waals surface area contributed by atoms with Gasteiger partial charge < -0.3 is 25.2 Å². The van der Waals surface area contributed by atoms with Crippen molar-refractivity contribution in [1.82, 2.24) is 10.6 Å². The van der Waals surface area contributed by atoms with Gasteiger partial charge in [0.2, 0.25) is 5.91 Å². The summed E-state index contributed by atoms with van der Waals surface area (Å²) < 4.78 is 11.0. The molecule has 0 aliphatic carbocycles. The Morgan fingerprint density at radius 1 is 1.28 bits per heavy atom. The van der Waals surface area contributed by atoms with E-state index in [1.54, 1.807) is 33.8 Å². The molecule has 0 spiro atoms. The van der Waals surface area contributed by atoms with Crippen LogP contribution in [0, 0.1) is 5.92 Å². The number of hydrogen-bond acceptors (Lipinski definition) is 5. The third kappa shape index (κ3) is 11.2.